The van der Waals surface area contributed by atoms with E-state index in [-0.39, 0.29) is 62.2 Å². The first-order valence-corrected chi connectivity index (χ1v) is 17.3. The van der Waals surface area contributed by atoms with Gasteiger partial charge in [-0.1, -0.05) is 37.4 Å². The third-order valence-corrected chi connectivity index (χ3v) is 9.74. The Kier molecular flexibility index (Phi) is 9.54. The highest BCUT2D eigenvalue weighted by Gasteiger charge is 2.68. The molecule has 19 heteroatoms. The normalized spacial score (nSPS) is 17.8. The molecular weight excluding hydrogens is 784 g/mol. The van der Waals surface area contributed by atoms with Crippen LogP contribution in [0, 0.1) is 35.3 Å². The number of carbonyl (C=O) groups excluding carboxylic acids is 1. The third-order valence-electron chi connectivity index (χ3n) is 9.42. The molecule has 0 spiro atoms. The average molecular weight is 812 g/mol. The van der Waals surface area contributed by atoms with E-state index in [0.717, 1.165) is 12.1 Å². The molecule has 1 saturated carbocycles. The quantitative estimate of drug-likeness (QED) is 0.121. The van der Waals surface area contributed by atoms with Crippen molar-refractivity contribution in [2.45, 2.75) is 70.0 Å². The van der Waals surface area contributed by atoms with Gasteiger partial charge in [0.2, 0.25) is 5.91 Å². The highest BCUT2D eigenvalue weighted by molar-refractivity contribution is 6.37. The summed E-state index contributed by atoms with van der Waals surface area (Å²) in [5, 5.41) is 9.69. The summed E-state index contributed by atoms with van der Waals surface area (Å²) in [6.45, 7) is 0.828. The second-order valence-corrected chi connectivity index (χ2v) is 14.4. The Morgan fingerprint density at radius 1 is 1.02 bits per heavy atom. The molecule has 0 aliphatic heterocycles. The largest absolute Gasteiger partial charge is 0.435 e. The van der Waals surface area contributed by atoms with Gasteiger partial charge < -0.3 is 11.1 Å². The van der Waals surface area contributed by atoms with Crippen LogP contribution in [0.15, 0.2) is 42.5 Å². The summed E-state index contributed by atoms with van der Waals surface area (Å²) < 4.78 is 144. The van der Waals surface area contributed by atoms with Gasteiger partial charge in [0.15, 0.2) is 11.5 Å². The van der Waals surface area contributed by atoms with Gasteiger partial charge >= 0.3 is 12.4 Å². The molecule has 56 heavy (non-hydrogen) atoms. The fraction of sp³-hybridized carbons (Fsp3) is 0.351. The number of hydrogen-bond donors (Lipinski definition) is 2. The van der Waals surface area contributed by atoms with Gasteiger partial charge in [-0.05, 0) is 60.6 Å². The number of aromatic nitrogens is 5. The molecule has 0 saturated heterocycles. The van der Waals surface area contributed by atoms with Crippen molar-refractivity contribution in [3.05, 3.63) is 93.0 Å². The predicted octanol–water partition coefficient (Wildman–Crippen LogP) is 8.71. The summed E-state index contributed by atoms with van der Waals surface area (Å²) in [6.07, 6.45) is -10.5. The maximum absolute atomic E-state index is 15.3. The Labute approximate surface area is 316 Å². The number of nitrogen functional groups attached to an aromatic ring is 1. The zero-order valence-electron chi connectivity index (χ0n) is 29.1. The monoisotopic (exact) mass is 811 g/mol. The molecule has 3 atom stereocenters. The van der Waals surface area contributed by atoms with Crippen molar-refractivity contribution < 1.29 is 48.7 Å². The molecule has 2 aliphatic rings. The predicted molar refractivity (Wildman–Crippen MR) is 183 cm³/mol. The lowest BCUT2D eigenvalue weighted by atomic mass is 9.93. The second-order valence-electron chi connectivity index (χ2n) is 14.0. The molecule has 1 unspecified atom stereocenters. The standard InChI is InChI=1S/C37H28ClF10N7O/c1-16(2)3-4-20-5-6-21(22-7-8-25(38)29-31(22)55(53-34(29)49)15-35(41,42)43)30(50-20)26(11-17-9-18(39)12-19(40)10-17)51-27(56)14-54-33-28(32(52-54)37(46,47)48)23-13-24(23)36(33,44)45/h5-10,12,16,23-24,26H,11,13-15H2,1-2H3,(H2,49,53)(H,51,56)/t23-,24+,26?/m0/s1. The van der Waals surface area contributed by atoms with Crippen LogP contribution in [-0.4, -0.2) is 36.6 Å². The van der Waals surface area contributed by atoms with Crippen molar-refractivity contribution in [2.75, 3.05) is 5.73 Å². The van der Waals surface area contributed by atoms with Crippen LogP contribution in [0.3, 0.4) is 0 Å². The summed E-state index contributed by atoms with van der Waals surface area (Å²) in [4.78, 5) is 18.4. The number of nitrogens with two attached hydrogens (primary N) is 1. The van der Waals surface area contributed by atoms with Crippen LogP contribution >= 0.6 is 11.6 Å². The number of amides is 1. The van der Waals surface area contributed by atoms with E-state index < -0.39 is 90.2 Å². The minimum Gasteiger partial charge on any atom is -0.382 e. The minimum absolute atomic E-state index is 0.0203. The van der Waals surface area contributed by atoms with E-state index in [2.05, 4.69) is 32.3 Å². The third kappa shape index (κ3) is 7.36. The van der Waals surface area contributed by atoms with E-state index in [1.807, 2.05) is 0 Å². The molecular formula is C37H28ClF10N7O. The van der Waals surface area contributed by atoms with E-state index in [4.69, 9.17) is 17.3 Å². The highest BCUT2D eigenvalue weighted by atomic mass is 35.5. The van der Waals surface area contributed by atoms with E-state index >= 15 is 8.78 Å². The fourth-order valence-electron chi connectivity index (χ4n) is 7.22. The van der Waals surface area contributed by atoms with Gasteiger partial charge in [0.25, 0.3) is 5.92 Å². The smallest absolute Gasteiger partial charge is 0.382 e. The van der Waals surface area contributed by atoms with Crippen molar-refractivity contribution in [2.24, 2.45) is 11.8 Å². The van der Waals surface area contributed by atoms with Crippen molar-refractivity contribution in [3.63, 3.8) is 0 Å². The van der Waals surface area contributed by atoms with Gasteiger partial charge in [-0.2, -0.15) is 45.3 Å². The van der Waals surface area contributed by atoms with Crippen molar-refractivity contribution in [1.82, 2.24) is 29.9 Å². The van der Waals surface area contributed by atoms with Gasteiger partial charge in [-0.25, -0.2) is 13.8 Å². The van der Waals surface area contributed by atoms with Gasteiger partial charge in [0.05, 0.1) is 27.7 Å². The number of nitrogens with one attached hydrogen (secondary N) is 1. The molecule has 7 rings (SSSR count). The zero-order valence-corrected chi connectivity index (χ0v) is 29.8. The molecule has 3 N–H and O–H groups in total. The number of alkyl halides is 8. The summed E-state index contributed by atoms with van der Waals surface area (Å²) in [7, 11) is 0. The molecule has 294 valence electrons. The summed E-state index contributed by atoms with van der Waals surface area (Å²) in [5.74, 6) is -4.09. The fourth-order valence-corrected chi connectivity index (χ4v) is 7.46. The molecule has 0 bridgehead atoms. The van der Waals surface area contributed by atoms with Crippen LogP contribution in [0.5, 0.6) is 0 Å². The summed E-state index contributed by atoms with van der Waals surface area (Å²) in [5.41, 5.74) is 2.56. The lowest BCUT2D eigenvalue weighted by Crippen LogP contribution is -2.35. The maximum Gasteiger partial charge on any atom is 0.435 e. The van der Waals surface area contributed by atoms with Crippen LogP contribution in [0.1, 0.15) is 66.1 Å². The molecule has 2 aromatic carbocycles. The lowest BCUT2D eigenvalue weighted by Gasteiger charge is -2.23. The van der Waals surface area contributed by atoms with Gasteiger partial charge in [0.1, 0.15) is 36.1 Å². The Bertz CT molecular complexity index is 2440. The number of nitrogens with zero attached hydrogens (tertiary/aromatic N) is 5. The number of fused-ring (bicyclic) bond motifs is 4. The summed E-state index contributed by atoms with van der Waals surface area (Å²) >= 11 is 6.38. The molecule has 3 aromatic heterocycles. The molecule has 1 fully saturated rings. The highest BCUT2D eigenvalue weighted by Crippen LogP contribution is 2.68. The first-order valence-electron chi connectivity index (χ1n) is 17.0. The summed E-state index contributed by atoms with van der Waals surface area (Å²) in [6, 6.07) is 6.52. The van der Waals surface area contributed by atoms with Crippen molar-refractivity contribution >= 4 is 34.2 Å². The van der Waals surface area contributed by atoms with Crippen LogP contribution in [-0.2, 0) is 36.4 Å². The molecule has 0 radical (unpaired) electrons. The average Bonchev–Trinajstić information content (AvgIpc) is 3.61. The number of rotatable bonds is 8. The Morgan fingerprint density at radius 3 is 2.34 bits per heavy atom. The molecule has 1 amide bonds. The van der Waals surface area contributed by atoms with Gasteiger partial charge in [-0.15, -0.1) is 0 Å². The van der Waals surface area contributed by atoms with Crippen LogP contribution < -0.4 is 11.1 Å². The number of halogens is 11. The maximum atomic E-state index is 15.3. The molecule has 3 heterocycles. The number of hydrogen-bond acceptors (Lipinski definition) is 5. The first kappa shape index (κ1) is 38.9. The Balaban J connectivity index is 1.39. The van der Waals surface area contributed by atoms with E-state index in [1.165, 1.54) is 24.3 Å². The Morgan fingerprint density at radius 2 is 1.70 bits per heavy atom. The van der Waals surface area contributed by atoms with Crippen molar-refractivity contribution in [3.8, 4) is 23.0 Å². The van der Waals surface area contributed by atoms with Gasteiger partial charge in [-0.3, -0.25) is 14.2 Å². The zero-order chi connectivity index (χ0) is 40.6. The number of anilines is 1. The number of pyridine rings is 1. The van der Waals surface area contributed by atoms with E-state index in [0.29, 0.717) is 15.4 Å². The molecule has 2 aliphatic carbocycles. The first-order chi connectivity index (χ1) is 26.1. The molecule has 5 aromatic rings. The van der Waals surface area contributed by atoms with Crippen LogP contribution in [0.4, 0.5) is 49.7 Å². The number of carbonyl (C=O) groups is 1. The van der Waals surface area contributed by atoms with Gasteiger partial charge in [0, 0.05) is 34.6 Å². The Hall–Kier alpha value is -5.31. The number of benzene rings is 2. The lowest BCUT2D eigenvalue weighted by molar-refractivity contribution is -0.142. The van der Waals surface area contributed by atoms with Crippen LogP contribution in [0.25, 0.3) is 22.0 Å². The molecule has 8 nitrogen and oxygen atoms in total. The van der Waals surface area contributed by atoms with Crippen molar-refractivity contribution in [1.29, 1.82) is 0 Å². The van der Waals surface area contributed by atoms with Crippen LogP contribution in [0.2, 0.25) is 5.02 Å². The SMILES string of the molecule is CC(C)C#Cc1ccc(-c2ccc(Cl)c3c(N)nn(CC(F)(F)F)c23)c(C(Cc2cc(F)cc(F)c2)NC(=O)Cn2nc(C(F)(F)F)c3c2C(F)(F)[C@@H]2C[C@H]32)n1. The van der Waals surface area contributed by atoms with E-state index in [1.54, 1.807) is 13.8 Å². The topological polar surface area (TPSA) is 104 Å². The second kappa shape index (κ2) is 13.7. The minimum atomic E-state index is -5.11. The van der Waals surface area contributed by atoms with E-state index in [9.17, 15) is 39.9 Å².